The van der Waals surface area contributed by atoms with E-state index in [1.807, 2.05) is 0 Å². The average Bonchev–Trinajstić information content (AvgIpc) is 1.62. The van der Waals surface area contributed by atoms with Crippen molar-refractivity contribution >= 4 is 21.9 Å². The van der Waals surface area contributed by atoms with Crippen molar-refractivity contribution in [2.24, 2.45) is 0 Å². The third kappa shape index (κ3) is 3.68. The van der Waals surface area contributed by atoms with Gasteiger partial charge in [-0.1, -0.05) is 0 Å². The fourth-order valence-electron chi connectivity index (χ4n) is 0.116. The molecule has 0 aromatic carbocycles. The summed E-state index contributed by atoms with van der Waals surface area (Å²) in [4.78, 5) is 9.41. The van der Waals surface area contributed by atoms with Crippen molar-refractivity contribution in [2.75, 3.05) is 0 Å². The molecule has 0 heterocycles. The predicted octanol–water partition coefficient (Wildman–Crippen LogP) is -2.64. The summed E-state index contributed by atoms with van der Waals surface area (Å²) in [6.45, 7) is 0. The molecule has 0 radical (unpaired) electrons. The van der Waals surface area contributed by atoms with Crippen LogP contribution < -0.4 is 56.5 Å². The van der Waals surface area contributed by atoms with Gasteiger partial charge in [0.25, 0.3) is 4.58 Å². The van der Waals surface area contributed by atoms with Gasteiger partial charge in [-0.3, -0.25) is 0 Å². The Morgan fingerprint density at radius 1 is 1.27 bits per heavy atom. The minimum atomic E-state index is -5.49. The van der Waals surface area contributed by atoms with Crippen LogP contribution in [0.5, 0.6) is 0 Å². The summed E-state index contributed by atoms with van der Waals surface area (Å²) in [6.07, 6.45) is -5.49. The Hall–Kier alpha value is 1.31. The van der Waals surface area contributed by atoms with Crippen LogP contribution in [0, 0.1) is 0 Å². The summed E-state index contributed by atoms with van der Waals surface area (Å²) in [5.41, 5.74) is 0. The molecule has 0 fully saturated rings. The third-order valence-electron chi connectivity index (χ3n) is 0.612. The van der Waals surface area contributed by atoms with E-state index >= 15 is 0 Å². The Balaban J connectivity index is 0. The molecule has 1 atom stereocenters. The maximum absolute atomic E-state index is 11.8. The molecule has 0 rings (SSSR count). The van der Waals surface area contributed by atoms with Crippen molar-refractivity contribution in [3.05, 3.63) is 0 Å². The zero-order valence-corrected chi connectivity index (χ0v) is 9.92. The van der Waals surface area contributed by atoms with Gasteiger partial charge in [0.15, 0.2) is 0 Å². The Labute approximate surface area is 110 Å². The van der Waals surface area contributed by atoms with Crippen LogP contribution in [-0.4, -0.2) is 16.7 Å². The zero-order chi connectivity index (χ0) is 8.58. The van der Waals surface area contributed by atoms with Crippen molar-refractivity contribution in [3.63, 3.8) is 0 Å². The van der Waals surface area contributed by atoms with Crippen LogP contribution in [0.25, 0.3) is 0 Å². The van der Waals surface area contributed by atoms with Crippen molar-refractivity contribution < 1.29 is 78.8 Å². The second-order valence-electron chi connectivity index (χ2n) is 1.36. The molecule has 60 valence electrons. The second kappa shape index (κ2) is 4.52. The van der Waals surface area contributed by atoms with Crippen molar-refractivity contribution in [1.29, 1.82) is 0 Å². The molecular formula is C3BrF4KO2. The number of carbonyl (C=O) groups excluding carboxylic acids is 1. The molecule has 11 heavy (non-hydrogen) atoms. The number of carbonyl (C=O) groups is 1. The van der Waals surface area contributed by atoms with Gasteiger partial charge < -0.3 is 9.90 Å². The quantitative estimate of drug-likeness (QED) is 0.295. The van der Waals surface area contributed by atoms with Gasteiger partial charge in [0.1, 0.15) is 0 Å². The van der Waals surface area contributed by atoms with Gasteiger partial charge in [-0.05, 0) is 15.9 Å². The smallest absolute Gasteiger partial charge is 0.545 e. The number of rotatable bonds is 1. The molecule has 0 aliphatic heterocycles. The first kappa shape index (κ1) is 14.8. The molecule has 0 bridgehead atoms. The van der Waals surface area contributed by atoms with E-state index in [0.717, 1.165) is 0 Å². The Morgan fingerprint density at radius 2 is 1.55 bits per heavy atom. The summed E-state index contributed by atoms with van der Waals surface area (Å²) in [6, 6.07) is 0. The van der Waals surface area contributed by atoms with Crippen LogP contribution in [0.2, 0.25) is 0 Å². The number of hydrogen-bond acceptors (Lipinski definition) is 2. The summed E-state index contributed by atoms with van der Waals surface area (Å²) < 4.78 is 41.1. The number of alkyl halides is 5. The molecule has 0 aromatic heterocycles. The topological polar surface area (TPSA) is 40.1 Å². The second-order valence-corrected chi connectivity index (χ2v) is 2.45. The largest absolute Gasteiger partial charge is 1.00 e. The van der Waals surface area contributed by atoms with Crippen LogP contribution in [0.4, 0.5) is 17.6 Å². The average molecular weight is 263 g/mol. The minimum Gasteiger partial charge on any atom is -0.545 e. The first-order valence-corrected chi connectivity index (χ1v) is 2.65. The van der Waals surface area contributed by atoms with E-state index in [9.17, 15) is 27.5 Å². The fourth-order valence-corrected chi connectivity index (χ4v) is 0.116. The van der Waals surface area contributed by atoms with Gasteiger partial charge in [0.05, 0.1) is 5.97 Å². The maximum atomic E-state index is 11.8. The molecule has 0 amide bonds. The van der Waals surface area contributed by atoms with Gasteiger partial charge in [-0.25, -0.2) is 4.39 Å². The number of halogens is 5. The van der Waals surface area contributed by atoms with E-state index < -0.39 is 16.7 Å². The normalized spacial score (nSPS) is 16.5. The SMILES string of the molecule is O=C([O-])C(F)(Br)C(F)(F)F.[K+]. The molecule has 0 saturated carbocycles. The Kier molecular flexibility index (Phi) is 6.08. The van der Waals surface area contributed by atoms with Crippen molar-refractivity contribution in [3.8, 4) is 0 Å². The number of hydrogen-bond donors (Lipinski definition) is 0. The Bertz CT molecular complexity index is 156. The standard InChI is InChI=1S/C3HBrF4O2.K/c4-2(5,1(9)10)3(6,7)8;/h(H,9,10);/q;+1/p-1. The van der Waals surface area contributed by atoms with E-state index in [4.69, 9.17) is 0 Å². The van der Waals surface area contributed by atoms with Gasteiger partial charge in [0, 0.05) is 0 Å². The summed E-state index contributed by atoms with van der Waals surface area (Å²) in [7, 11) is 0. The predicted molar refractivity (Wildman–Crippen MR) is 23.8 cm³/mol. The van der Waals surface area contributed by atoms with Crippen LogP contribution in [0.3, 0.4) is 0 Å². The van der Waals surface area contributed by atoms with Crippen LogP contribution in [0.1, 0.15) is 0 Å². The van der Waals surface area contributed by atoms with E-state index in [0.29, 0.717) is 0 Å². The molecule has 0 saturated heterocycles. The van der Waals surface area contributed by atoms with E-state index in [-0.39, 0.29) is 51.4 Å². The third-order valence-corrected chi connectivity index (χ3v) is 1.39. The van der Waals surface area contributed by atoms with Gasteiger partial charge in [0.2, 0.25) is 0 Å². The zero-order valence-electron chi connectivity index (χ0n) is 5.21. The van der Waals surface area contributed by atoms with Crippen LogP contribution >= 0.6 is 15.9 Å². The summed E-state index contributed by atoms with van der Waals surface area (Å²) >= 11 is 1.31. The number of aliphatic carboxylic acids is 1. The van der Waals surface area contributed by atoms with Crippen molar-refractivity contribution in [2.45, 2.75) is 10.8 Å². The summed E-state index contributed by atoms with van der Waals surface area (Å²) in [5.74, 6) is -2.86. The maximum Gasteiger partial charge on any atom is 1.00 e. The first-order chi connectivity index (χ1) is 4.19. The van der Waals surface area contributed by atoms with Crippen molar-refractivity contribution in [1.82, 2.24) is 0 Å². The number of carboxylic acids is 1. The number of carboxylic acid groups (broad SMARTS) is 1. The molecule has 0 aliphatic rings. The van der Waals surface area contributed by atoms with E-state index in [1.165, 1.54) is 15.9 Å². The van der Waals surface area contributed by atoms with Crippen LogP contribution in [-0.2, 0) is 4.79 Å². The first-order valence-electron chi connectivity index (χ1n) is 1.85. The molecule has 2 nitrogen and oxygen atoms in total. The minimum absolute atomic E-state index is 0. The monoisotopic (exact) mass is 262 g/mol. The van der Waals surface area contributed by atoms with Crippen LogP contribution in [0.15, 0.2) is 0 Å². The molecule has 0 aromatic rings. The Morgan fingerprint density at radius 3 is 1.55 bits per heavy atom. The molecule has 0 N–H and O–H groups in total. The summed E-state index contributed by atoms with van der Waals surface area (Å²) in [5, 5.41) is 9.41. The van der Waals surface area contributed by atoms with Gasteiger partial charge >= 0.3 is 57.6 Å². The molecule has 8 heteroatoms. The van der Waals surface area contributed by atoms with Gasteiger partial charge in [-0.2, -0.15) is 13.2 Å². The molecule has 0 spiro atoms. The molecule has 1 unspecified atom stereocenters. The van der Waals surface area contributed by atoms with E-state index in [2.05, 4.69) is 0 Å². The molecular weight excluding hydrogens is 263 g/mol. The van der Waals surface area contributed by atoms with Gasteiger partial charge in [-0.15, -0.1) is 0 Å². The van der Waals surface area contributed by atoms with E-state index in [1.54, 1.807) is 0 Å². The molecule has 0 aliphatic carbocycles. The fraction of sp³-hybridized carbons (Fsp3) is 0.667.